The molecule has 2 unspecified atom stereocenters. The van der Waals surface area contributed by atoms with E-state index in [4.69, 9.17) is 9.47 Å². The van der Waals surface area contributed by atoms with Crippen molar-refractivity contribution in [1.29, 1.82) is 0 Å². The summed E-state index contributed by atoms with van der Waals surface area (Å²) >= 11 is 0. The number of rotatable bonds is 7. The zero-order chi connectivity index (χ0) is 36.2. The topological polar surface area (TPSA) is 177 Å². The maximum Gasteiger partial charge on any atom is 0.335 e. The molecule has 2 heterocycles. The number of amides is 1. The first kappa shape index (κ1) is 34.5. The molecule has 4 aromatic rings. The van der Waals surface area contributed by atoms with Crippen LogP contribution in [0.15, 0.2) is 91.0 Å². The highest BCUT2D eigenvalue weighted by Gasteiger charge is 2.65. The predicted octanol–water partition coefficient (Wildman–Crippen LogP) is 4.50. The van der Waals surface area contributed by atoms with Gasteiger partial charge in [-0.25, -0.2) is 13.6 Å². The van der Waals surface area contributed by atoms with Crippen LogP contribution in [0.4, 0.5) is 14.5 Å². The number of halogens is 2. The van der Waals surface area contributed by atoms with Gasteiger partial charge in [0.1, 0.15) is 41.4 Å². The molecule has 6 N–H and O–H groups in total. The number of anilines is 1. The smallest absolute Gasteiger partial charge is 0.335 e. The van der Waals surface area contributed by atoms with Crippen molar-refractivity contribution in [3.63, 3.8) is 0 Å². The Balaban J connectivity index is 1.26. The molecule has 0 bridgehead atoms. The van der Waals surface area contributed by atoms with E-state index in [2.05, 4.69) is 0 Å². The fourth-order valence-corrected chi connectivity index (χ4v) is 7.79. The van der Waals surface area contributed by atoms with E-state index >= 15 is 0 Å². The summed E-state index contributed by atoms with van der Waals surface area (Å²) in [6, 6.07) is 21.6. The van der Waals surface area contributed by atoms with Crippen LogP contribution in [0.3, 0.4) is 0 Å². The Morgan fingerprint density at radius 3 is 2.02 bits per heavy atom. The second kappa shape index (κ2) is 13.0. The quantitative estimate of drug-likeness (QED) is 0.150. The van der Waals surface area contributed by atoms with Crippen LogP contribution in [-0.2, 0) is 24.7 Å². The Morgan fingerprint density at radius 1 is 0.784 bits per heavy atom. The molecule has 0 aromatic heterocycles. The standard InChI is InChI=1S/C38H35F2NO10/c39-23-7-5-22(6-8-23)38(51-35-31(46)29(44)30(45)32(50-35)34(47)48)16-14-37(15-17-38)33(41(36(37)49)25-11-9-24(40)10-12-25)27-13-4-21(19-28(27)43)20-2-1-3-26(42)18-20/h1-13,18-19,29-33,35,42-46H,14-17H2,(H,47,48)/t29-,30+,31?,32?,33+,35-,37?,38?/m0/s1. The summed E-state index contributed by atoms with van der Waals surface area (Å²) in [5.41, 5.74) is 0.0517. The first-order valence-corrected chi connectivity index (χ1v) is 16.4. The molecule has 7 rings (SSSR count). The van der Waals surface area contributed by atoms with Crippen LogP contribution < -0.4 is 4.90 Å². The Hall–Kier alpha value is -4.92. The minimum atomic E-state index is -1.94. The fraction of sp³-hybridized carbons (Fsp3) is 0.316. The van der Waals surface area contributed by atoms with Gasteiger partial charge in [0.15, 0.2) is 12.4 Å². The molecule has 13 heteroatoms. The summed E-state index contributed by atoms with van der Waals surface area (Å²) in [6.45, 7) is 0. The number of phenolic OH excluding ortho intramolecular Hbond substituents is 2. The van der Waals surface area contributed by atoms with Crippen molar-refractivity contribution in [2.24, 2.45) is 5.41 Å². The highest BCUT2D eigenvalue weighted by atomic mass is 19.1. The number of aliphatic hydroxyl groups is 3. The van der Waals surface area contributed by atoms with E-state index in [1.165, 1.54) is 59.5 Å². The van der Waals surface area contributed by atoms with E-state index in [0.29, 0.717) is 27.9 Å². The Bertz CT molecular complexity index is 1950. The zero-order valence-electron chi connectivity index (χ0n) is 27.0. The van der Waals surface area contributed by atoms with Crippen LogP contribution in [0.2, 0.25) is 0 Å². The summed E-state index contributed by atoms with van der Waals surface area (Å²) in [6.07, 6.45) is -8.93. The third-order valence-corrected chi connectivity index (χ3v) is 10.5. The number of carbonyl (C=O) groups excluding carboxylic acids is 1. The van der Waals surface area contributed by atoms with Crippen LogP contribution in [0.25, 0.3) is 11.1 Å². The summed E-state index contributed by atoms with van der Waals surface area (Å²) in [4.78, 5) is 27.6. The van der Waals surface area contributed by atoms with Crippen molar-refractivity contribution < 1.29 is 58.5 Å². The van der Waals surface area contributed by atoms with Crippen LogP contribution >= 0.6 is 0 Å². The highest BCUT2D eigenvalue weighted by Crippen LogP contribution is 2.63. The number of phenols is 2. The lowest BCUT2D eigenvalue weighted by atomic mass is 9.56. The van der Waals surface area contributed by atoms with Gasteiger partial charge in [0.05, 0.1) is 17.1 Å². The van der Waals surface area contributed by atoms with Gasteiger partial charge in [0.25, 0.3) is 0 Å². The number of aromatic hydroxyl groups is 2. The number of carboxylic acids is 1. The molecule has 1 saturated carbocycles. The number of benzene rings is 4. The molecule has 1 aliphatic carbocycles. The maximum atomic E-state index is 14.3. The van der Waals surface area contributed by atoms with Crippen molar-refractivity contribution in [2.75, 3.05) is 4.90 Å². The lowest BCUT2D eigenvalue weighted by molar-refractivity contribution is -0.328. The largest absolute Gasteiger partial charge is 0.508 e. The fourth-order valence-electron chi connectivity index (χ4n) is 7.79. The Labute approximate surface area is 290 Å². The predicted molar refractivity (Wildman–Crippen MR) is 176 cm³/mol. The minimum Gasteiger partial charge on any atom is -0.508 e. The van der Waals surface area contributed by atoms with Gasteiger partial charge in [-0.05, 0) is 97.0 Å². The van der Waals surface area contributed by atoms with Crippen molar-refractivity contribution in [1.82, 2.24) is 0 Å². The SMILES string of the molecule is O=C(O)C1O[C@@H](OC2(c3ccc(F)cc3)CCC3(CC2)C(=O)N(c2ccc(F)cc2)[C@@H]3c2ccc(-c3cccc(O)c3)cc2O)C(O)[C@@H](O)[C@H]1O. The van der Waals surface area contributed by atoms with E-state index in [1.54, 1.807) is 36.4 Å². The lowest BCUT2D eigenvalue weighted by Crippen LogP contribution is -2.66. The molecule has 2 aliphatic heterocycles. The van der Waals surface area contributed by atoms with Crippen molar-refractivity contribution in [3.05, 3.63) is 114 Å². The molecular weight excluding hydrogens is 668 g/mol. The van der Waals surface area contributed by atoms with E-state index in [-0.39, 0.29) is 43.1 Å². The molecular formula is C38H35F2NO10. The van der Waals surface area contributed by atoms with Crippen molar-refractivity contribution >= 4 is 17.6 Å². The first-order valence-electron chi connectivity index (χ1n) is 16.4. The second-order valence-electron chi connectivity index (χ2n) is 13.4. The third kappa shape index (κ3) is 5.90. The van der Waals surface area contributed by atoms with Gasteiger partial charge in [-0.15, -0.1) is 0 Å². The van der Waals surface area contributed by atoms with Crippen LogP contribution in [0.5, 0.6) is 11.5 Å². The van der Waals surface area contributed by atoms with Gasteiger partial charge < -0.3 is 45.0 Å². The van der Waals surface area contributed by atoms with Gasteiger partial charge in [0, 0.05) is 11.3 Å². The van der Waals surface area contributed by atoms with Crippen molar-refractivity contribution in [2.45, 2.75) is 68.0 Å². The lowest BCUT2D eigenvalue weighted by Gasteiger charge is -2.60. The monoisotopic (exact) mass is 703 g/mol. The van der Waals surface area contributed by atoms with Gasteiger partial charge in [-0.2, -0.15) is 0 Å². The molecule has 51 heavy (non-hydrogen) atoms. The summed E-state index contributed by atoms with van der Waals surface area (Å²) in [5, 5.41) is 62.6. The molecule has 1 amide bonds. The van der Waals surface area contributed by atoms with Gasteiger partial charge >= 0.3 is 5.97 Å². The minimum absolute atomic E-state index is 0.0477. The Morgan fingerprint density at radius 2 is 1.41 bits per heavy atom. The normalized spacial score (nSPS) is 30.6. The van der Waals surface area contributed by atoms with Crippen LogP contribution in [0.1, 0.15) is 42.9 Å². The third-order valence-electron chi connectivity index (χ3n) is 10.5. The van der Waals surface area contributed by atoms with Crippen molar-refractivity contribution in [3.8, 4) is 22.6 Å². The second-order valence-corrected chi connectivity index (χ2v) is 13.4. The van der Waals surface area contributed by atoms with E-state index in [0.717, 1.165) is 0 Å². The molecule has 4 aromatic carbocycles. The summed E-state index contributed by atoms with van der Waals surface area (Å²) in [7, 11) is 0. The number of carboxylic acid groups (broad SMARTS) is 1. The van der Waals surface area contributed by atoms with Crippen LogP contribution in [-0.4, -0.2) is 73.2 Å². The number of nitrogens with zero attached hydrogens (tertiary/aromatic N) is 1. The molecule has 11 nitrogen and oxygen atoms in total. The number of hydrogen-bond donors (Lipinski definition) is 6. The summed E-state index contributed by atoms with van der Waals surface area (Å²) < 4.78 is 39.9. The number of ether oxygens (including phenoxy) is 2. The van der Waals surface area contributed by atoms with Gasteiger partial charge in [-0.1, -0.05) is 36.4 Å². The number of hydrogen-bond acceptors (Lipinski definition) is 9. The molecule has 2 saturated heterocycles. The highest BCUT2D eigenvalue weighted by molar-refractivity contribution is 6.06. The van der Waals surface area contributed by atoms with E-state index in [1.807, 2.05) is 0 Å². The number of carbonyl (C=O) groups is 2. The maximum absolute atomic E-state index is 14.3. The molecule has 1 spiro atoms. The number of aliphatic carboxylic acids is 1. The molecule has 6 atom stereocenters. The molecule has 3 aliphatic rings. The number of β-lactam (4-membered cyclic amide) rings is 1. The van der Waals surface area contributed by atoms with E-state index < -0.39 is 65.4 Å². The number of aliphatic hydroxyl groups excluding tert-OH is 3. The molecule has 0 radical (unpaired) electrons. The van der Waals surface area contributed by atoms with Crippen LogP contribution in [0, 0.1) is 17.0 Å². The zero-order valence-corrected chi connectivity index (χ0v) is 27.0. The average molecular weight is 704 g/mol. The van der Waals surface area contributed by atoms with E-state index in [9.17, 15) is 49.0 Å². The summed E-state index contributed by atoms with van der Waals surface area (Å²) in [5.74, 6) is -2.97. The average Bonchev–Trinajstić information content (AvgIpc) is 3.12. The first-order chi connectivity index (χ1) is 24.3. The Kier molecular flexibility index (Phi) is 8.80. The van der Waals surface area contributed by atoms with Gasteiger partial charge in [-0.3, -0.25) is 4.79 Å². The molecule has 266 valence electrons. The van der Waals surface area contributed by atoms with Gasteiger partial charge in [0.2, 0.25) is 5.91 Å². The molecule has 3 fully saturated rings.